The Kier molecular flexibility index (Phi) is 9.63. The Bertz CT molecular complexity index is 1230. The number of nitro benzene ring substituents is 1. The lowest BCUT2D eigenvalue weighted by Crippen LogP contribution is -2.25. The fourth-order valence-corrected chi connectivity index (χ4v) is 4.62. The number of benzene rings is 3. The number of ether oxygens (including phenoxy) is 1. The number of aliphatic hydroxyl groups excluding tert-OH is 2. The Hall–Kier alpha value is -3.21. The van der Waals surface area contributed by atoms with E-state index in [2.05, 4.69) is 6.58 Å². The number of halogens is 1. The number of phenolic OH excluding ortho intramolecular Hbond substituents is 1. The number of nitrogens with zero attached hydrogens (tertiary/aromatic N) is 1. The van der Waals surface area contributed by atoms with E-state index in [4.69, 9.17) is 4.74 Å². The number of non-ortho nitro benzene ring substituents is 1. The normalized spacial score (nSPS) is 14.1. The van der Waals surface area contributed by atoms with Gasteiger partial charge in [-0.2, -0.15) is 0 Å². The third-order valence-electron chi connectivity index (χ3n) is 5.99. The van der Waals surface area contributed by atoms with Gasteiger partial charge in [0.2, 0.25) is 0 Å². The quantitative estimate of drug-likeness (QED) is 0.0802. The van der Waals surface area contributed by atoms with Crippen molar-refractivity contribution in [2.75, 3.05) is 7.11 Å². The number of aromatic hydroxyl groups is 1. The first-order valence-electron chi connectivity index (χ1n) is 11.3. The number of allylic oxidation sites excluding steroid dienone is 1. The fourth-order valence-electron chi connectivity index (χ4n) is 3.99. The summed E-state index contributed by atoms with van der Waals surface area (Å²) in [6.07, 6.45) is 2.37. The molecule has 0 aliphatic rings. The second kappa shape index (κ2) is 12.7. The first-order valence-corrected chi connectivity index (χ1v) is 12.4. The van der Waals surface area contributed by atoms with Crippen LogP contribution in [0, 0.1) is 19.6 Å². The van der Waals surface area contributed by atoms with Crippen molar-refractivity contribution in [1.29, 1.82) is 0 Å². The van der Waals surface area contributed by atoms with Crippen molar-refractivity contribution >= 4 is 39.9 Å². The van der Waals surface area contributed by atoms with Gasteiger partial charge in [-0.1, -0.05) is 42.5 Å². The molecule has 0 amide bonds. The Labute approximate surface area is 223 Å². The summed E-state index contributed by atoms with van der Waals surface area (Å²) in [5, 5.41) is 42.9. The lowest BCUT2D eigenvalue weighted by atomic mass is 9.87. The molecule has 0 aliphatic heterocycles. The van der Waals surface area contributed by atoms with Crippen LogP contribution in [0.2, 0.25) is 0 Å². The van der Waals surface area contributed by atoms with Gasteiger partial charge in [0, 0.05) is 18.1 Å². The lowest BCUT2D eigenvalue weighted by Gasteiger charge is -2.25. The first-order chi connectivity index (χ1) is 17.2. The molecule has 7 nitrogen and oxygen atoms in total. The number of phenols is 1. The van der Waals surface area contributed by atoms with Gasteiger partial charge in [0.05, 0.1) is 27.8 Å². The molecule has 0 spiro atoms. The van der Waals surface area contributed by atoms with Crippen LogP contribution in [0.1, 0.15) is 35.6 Å². The third kappa shape index (κ3) is 6.71. The van der Waals surface area contributed by atoms with E-state index in [0.717, 1.165) is 16.7 Å². The zero-order chi connectivity index (χ0) is 26.2. The minimum atomic E-state index is -1.06. The van der Waals surface area contributed by atoms with Crippen molar-refractivity contribution in [3.8, 4) is 11.5 Å². The Morgan fingerprint density at radius 3 is 2.39 bits per heavy atom. The Morgan fingerprint density at radius 2 is 1.81 bits per heavy atom. The monoisotopic (exact) mass is 601 g/mol. The van der Waals surface area contributed by atoms with Crippen molar-refractivity contribution in [3.63, 3.8) is 0 Å². The van der Waals surface area contributed by atoms with Gasteiger partial charge < -0.3 is 20.1 Å². The van der Waals surface area contributed by atoms with Crippen molar-refractivity contribution in [1.82, 2.24) is 0 Å². The summed E-state index contributed by atoms with van der Waals surface area (Å²) in [6, 6.07) is 19.0. The van der Waals surface area contributed by atoms with Crippen LogP contribution < -0.4 is 4.74 Å². The number of nitro groups is 1. The molecule has 0 bridgehead atoms. The number of rotatable bonds is 11. The minimum Gasteiger partial charge on any atom is -0.504 e. The molecule has 3 N–H and O–H groups in total. The highest BCUT2D eigenvalue weighted by atomic mass is 127. The number of methoxy groups -OCH3 is 1. The molecule has 0 heterocycles. The lowest BCUT2D eigenvalue weighted by molar-refractivity contribution is -0.384. The van der Waals surface area contributed by atoms with Crippen LogP contribution >= 0.6 is 22.6 Å². The maximum atomic E-state index is 11.0. The van der Waals surface area contributed by atoms with Gasteiger partial charge >= 0.3 is 0 Å². The van der Waals surface area contributed by atoms with Gasteiger partial charge in [0.1, 0.15) is 0 Å². The van der Waals surface area contributed by atoms with Crippen LogP contribution in [-0.4, -0.2) is 33.5 Å². The van der Waals surface area contributed by atoms with E-state index < -0.39 is 23.0 Å². The average Bonchev–Trinajstić information content (AvgIpc) is 2.89. The molecule has 3 aromatic carbocycles. The summed E-state index contributed by atoms with van der Waals surface area (Å²) in [5.41, 5.74) is 3.19. The molecule has 188 valence electrons. The summed E-state index contributed by atoms with van der Waals surface area (Å²) in [7, 11) is 1.50. The predicted octanol–water partition coefficient (Wildman–Crippen LogP) is 6.13. The summed E-state index contributed by atoms with van der Waals surface area (Å²) < 4.78 is 5.94. The maximum absolute atomic E-state index is 11.0. The Balaban J connectivity index is 1.83. The van der Waals surface area contributed by atoms with E-state index in [9.17, 15) is 25.4 Å². The van der Waals surface area contributed by atoms with Crippen LogP contribution in [0.25, 0.3) is 11.6 Å². The molecule has 0 radical (unpaired) electrons. The van der Waals surface area contributed by atoms with Crippen molar-refractivity contribution < 1.29 is 25.0 Å². The SMILES string of the molecule is C=C[C@H]([C@H](O)CC/C(=C/c1cc(I)c(O)c(OC)c1)c1ccccc1)[C@H](O)c1ccc([N+](=O)[O-])cc1. The summed E-state index contributed by atoms with van der Waals surface area (Å²) in [5.74, 6) is -0.210. The van der Waals surface area contributed by atoms with Gasteiger partial charge in [0.25, 0.3) is 5.69 Å². The van der Waals surface area contributed by atoms with Crippen LogP contribution in [0.3, 0.4) is 0 Å². The van der Waals surface area contributed by atoms with E-state index in [-0.39, 0.29) is 11.4 Å². The van der Waals surface area contributed by atoms with Crippen LogP contribution in [0.4, 0.5) is 5.69 Å². The molecule has 3 aromatic rings. The van der Waals surface area contributed by atoms with E-state index in [1.807, 2.05) is 65.1 Å². The van der Waals surface area contributed by atoms with Gasteiger partial charge in [-0.15, -0.1) is 6.58 Å². The second-order valence-electron chi connectivity index (χ2n) is 8.30. The molecule has 3 atom stereocenters. The smallest absolute Gasteiger partial charge is 0.269 e. The summed E-state index contributed by atoms with van der Waals surface area (Å²) >= 11 is 2.05. The summed E-state index contributed by atoms with van der Waals surface area (Å²) in [4.78, 5) is 10.4. The highest BCUT2D eigenvalue weighted by Gasteiger charge is 2.26. The average molecular weight is 601 g/mol. The second-order valence-corrected chi connectivity index (χ2v) is 9.46. The zero-order valence-electron chi connectivity index (χ0n) is 19.8. The molecule has 3 rings (SSSR count). The van der Waals surface area contributed by atoms with Gasteiger partial charge in [-0.05, 0) is 82.0 Å². The largest absolute Gasteiger partial charge is 0.504 e. The van der Waals surface area contributed by atoms with Crippen molar-refractivity contribution in [3.05, 3.63) is 110 Å². The minimum absolute atomic E-state index is 0.0696. The van der Waals surface area contributed by atoms with E-state index in [1.165, 1.54) is 37.5 Å². The predicted molar refractivity (Wildman–Crippen MR) is 149 cm³/mol. The molecule has 0 saturated carbocycles. The van der Waals surface area contributed by atoms with Gasteiger partial charge in [-0.25, -0.2) is 0 Å². The fraction of sp³-hybridized carbons (Fsp3) is 0.214. The Morgan fingerprint density at radius 1 is 1.14 bits per heavy atom. The van der Waals surface area contributed by atoms with Crippen LogP contribution in [0.15, 0.2) is 79.4 Å². The molecule has 0 saturated heterocycles. The van der Waals surface area contributed by atoms with Crippen LogP contribution in [-0.2, 0) is 0 Å². The highest BCUT2D eigenvalue weighted by Crippen LogP contribution is 2.35. The molecule has 0 unspecified atom stereocenters. The third-order valence-corrected chi connectivity index (χ3v) is 6.81. The molecular formula is C28H28INO6. The van der Waals surface area contributed by atoms with Crippen molar-refractivity contribution in [2.45, 2.75) is 25.0 Å². The van der Waals surface area contributed by atoms with Gasteiger partial charge in [0.15, 0.2) is 11.5 Å². The summed E-state index contributed by atoms with van der Waals surface area (Å²) in [6.45, 7) is 3.78. The highest BCUT2D eigenvalue weighted by molar-refractivity contribution is 14.1. The number of hydrogen-bond acceptors (Lipinski definition) is 6. The molecule has 8 heteroatoms. The first kappa shape index (κ1) is 27.4. The molecule has 0 aromatic heterocycles. The maximum Gasteiger partial charge on any atom is 0.269 e. The molecule has 0 aliphatic carbocycles. The number of aliphatic hydroxyl groups is 2. The van der Waals surface area contributed by atoms with Crippen molar-refractivity contribution in [2.24, 2.45) is 5.92 Å². The van der Waals surface area contributed by atoms with Gasteiger partial charge in [-0.3, -0.25) is 10.1 Å². The standard InChI is InChI=1S/C28H28INO6/c1-3-23(27(32)20-9-12-22(13-10-20)30(34)35)25(31)14-11-21(19-7-5-4-6-8-19)15-18-16-24(29)28(33)26(17-18)36-2/h3-10,12-13,15-17,23,25,27,31-33H,1,11,14H2,2H3/b21-15-/t23-,25-,27-/m1/s1. The molecular weight excluding hydrogens is 573 g/mol. The number of hydrogen-bond donors (Lipinski definition) is 3. The van der Waals surface area contributed by atoms with E-state index in [0.29, 0.717) is 27.7 Å². The zero-order valence-corrected chi connectivity index (χ0v) is 21.9. The molecule has 36 heavy (non-hydrogen) atoms. The molecule has 0 fully saturated rings. The topological polar surface area (TPSA) is 113 Å². The van der Waals surface area contributed by atoms with E-state index in [1.54, 1.807) is 6.07 Å². The van der Waals surface area contributed by atoms with E-state index >= 15 is 0 Å². The van der Waals surface area contributed by atoms with Crippen LogP contribution in [0.5, 0.6) is 11.5 Å².